The summed E-state index contributed by atoms with van der Waals surface area (Å²) in [5.74, 6) is 1.65. The average Bonchev–Trinajstić information content (AvgIpc) is 2.73. The molecule has 0 aliphatic heterocycles. The van der Waals surface area contributed by atoms with Gasteiger partial charge in [-0.3, -0.25) is 0 Å². The minimum Gasteiger partial charge on any atom is -0.373 e. The maximum Gasteiger partial charge on any atom is 0.0721 e. The van der Waals surface area contributed by atoms with E-state index in [1.54, 1.807) is 6.08 Å². The summed E-state index contributed by atoms with van der Waals surface area (Å²) in [4.78, 5) is 0. The van der Waals surface area contributed by atoms with Gasteiger partial charge in [0.1, 0.15) is 0 Å². The molecule has 1 heteroatoms. The van der Waals surface area contributed by atoms with Crippen LogP contribution in [0.15, 0.2) is 73.8 Å². The number of rotatable bonds is 9. The normalized spacial score (nSPS) is 19.6. The van der Waals surface area contributed by atoms with Crippen LogP contribution in [0.1, 0.15) is 55.6 Å². The second kappa shape index (κ2) is 10.3. The molecule has 0 amide bonds. The van der Waals surface area contributed by atoms with E-state index >= 15 is 0 Å². The molecule has 0 saturated heterocycles. The molecular formula is C26H32O. The molecule has 0 spiro atoms. The zero-order valence-corrected chi connectivity index (χ0v) is 16.4. The minimum atomic E-state index is 0.597. The van der Waals surface area contributed by atoms with E-state index in [9.17, 15) is 0 Å². The number of benzene rings is 2. The predicted octanol–water partition coefficient (Wildman–Crippen LogP) is 7.30. The summed E-state index contributed by atoms with van der Waals surface area (Å²) in [6.45, 7) is 8.76. The van der Waals surface area contributed by atoms with Gasteiger partial charge in [0.15, 0.2) is 0 Å². The second-order valence-electron chi connectivity index (χ2n) is 7.71. The second-order valence-corrected chi connectivity index (χ2v) is 7.71. The zero-order valence-electron chi connectivity index (χ0n) is 16.4. The first-order valence-electron chi connectivity index (χ1n) is 10.3. The van der Waals surface area contributed by atoms with Crippen molar-refractivity contribution in [2.75, 3.05) is 6.61 Å². The Labute approximate surface area is 164 Å². The van der Waals surface area contributed by atoms with Crippen LogP contribution in [0.3, 0.4) is 0 Å². The van der Waals surface area contributed by atoms with E-state index in [0.717, 1.165) is 11.8 Å². The van der Waals surface area contributed by atoms with Gasteiger partial charge in [0, 0.05) is 0 Å². The van der Waals surface area contributed by atoms with Gasteiger partial charge < -0.3 is 4.74 Å². The van der Waals surface area contributed by atoms with Crippen molar-refractivity contribution in [1.29, 1.82) is 0 Å². The maximum atomic E-state index is 5.50. The van der Waals surface area contributed by atoms with Gasteiger partial charge in [-0.25, -0.2) is 0 Å². The highest BCUT2D eigenvalue weighted by molar-refractivity contribution is 5.64. The number of ether oxygens (including phenoxy) is 1. The van der Waals surface area contributed by atoms with E-state index < -0.39 is 0 Å². The first kappa shape index (κ1) is 19.6. The molecule has 1 aliphatic rings. The molecule has 142 valence electrons. The lowest BCUT2D eigenvalue weighted by Gasteiger charge is -2.28. The summed E-state index contributed by atoms with van der Waals surface area (Å²) in [5, 5.41) is 0. The fraction of sp³-hybridized carbons (Fsp3) is 0.385. The van der Waals surface area contributed by atoms with Gasteiger partial charge in [-0.05, 0) is 72.6 Å². The summed E-state index contributed by atoms with van der Waals surface area (Å²) in [6.07, 6.45) is 11.7. The SMILES string of the molecule is C=CCCC1CCC(c2ccc(-c3ccc(COCC=C)cc3)cc2)CC1. The fourth-order valence-electron chi connectivity index (χ4n) is 4.14. The number of allylic oxidation sites excluding steroid dienone is 1. The number of hydrogen-bond donors (Lipinski definition) is 0. The molecular weight excluding hydrogens is 328 g/mol. The van der Waals surface area contributed by atoms with E-state index in [2.05, 4.69) is 67.8 Å². The third-order valence-electron chi connectivity index (χ3n) is 5.80. The lowest BCUT2D eigenvalue weighted by atomic mass is 9.77. The van der Waals surface area contributed by atoms with E-state index in [1.807, 2.05) is 0 Å². The number of hydrogen-bond acceptors (Lipinski definition) is 1. The molecule has 2 aromatic carbocycles. The Morgan fingerprint density at radius 1 is 0.815 bits per heavy atom. The largest absolute Gasteiger partial charge is 0.373 e. The summed E-state index contributed by atoms with van der Waals surface area (Å²) >= 11 is 0. The standard InChI is InChI=1S/C26H32O/c1-3-5-6-21-7-11-23(12-8-21)25-15-17-26(18-16-25)24-13-9-22(10-14-24)20-27-19-4-2/h3-4,9-10,13-18,21,23H,1-2,5-8,11-12,19-20H2. The lowest BCUT2D eigenvalue weighted by Crippen LogP contribution is -2.13. The van der Waals surface area contributed by atoms with Crippen LogP contribution in [0, 0.1) is 5.92 Å². The Balaban J connectivity index is 1.56. The molecule has 27 heavy (non-hydrogen) atoms. The van der Waals surface area contributed by atoms with E-state index in [0.29, 0.717) is 13.2 Å². The maximum absolute atomic E-state index is 5.50. The van der Waals surface area contributed by atoms with Crippen LogP contribution in [-0.4, -0.2) is 6.61 Å². The average molecular weight is 361 g/mol. The van der Waals surface area contributed by atoms with Crippen molar-refractivity contribution >= 4 is 0 Å². The molecule has 0 atom stereocenters. The van der Waals surface area contributed by atoms with Crippen molar-refractivity contribution in [2.24, 2.45) is 5.92 Å². The summed E-state index contributed by atoms with van der Waals surface area (Å²) in [5.41, 5.74) is 5.26. The van der Waals surface area contributed by atoms with Crippen LogP contribution in [0.5, 0.6) is 0 Å². The van der Waals surface area contributed by atoms with Gasteiger partial charge in [0.25, 0.3) is 0 Å². The van der Waals surface area contributed by atoms with Crippen LogP contribution >= 0.6 is 0 Å². The van der Waals surface area contributed by atoms with Crippen molar-refractivity contribution < 1.29 is 4.74 Å². The van der Waals surface area contributed by atoms with Crippen LogP contribution < -0.4 is 0 Å². The molecule has 0 N–H and O–H groups in total. The Bertz CT molecular complexity index is 703. The fourth-order valence-corrected chi connectivity index (χ4v) is 4.14. The van der Waals surface area contributed by atoms with Crippen molar-refractivity contribution in [3.8, 4) is 11.1 Å². The molecule has 1 aliphatic carbocycles. The van der Waals surface area contributed by atoms with E-state index in [-0.39, 0.29) is 0 Å². The first-order valence-corrected chi connectivity index (χ1v) is 10.3. The Hall–Kier alpha value is -2.12. The Morgan fingerprint density at radius 2 is 1.44 bits per heavy atom. The van der Waals surface area contributed by atoms with Gasteiger partial charge in [0.2, 0.25) is 0 Å². The topological polar surface area (TPSA) is 9.23 Å². The van der Waals surface area contributed by atoms with Gasteiger partial charge in [-0.2, -0.15) is 0 Å². The van der Waals surface area contributed by atoms with Crippen LogP contribution in [0.2, 0.25) is 0 Å². The molecule has 2 aromatic rings. The van der Waals surface area contributed by atoms with Crippen molar-refractivity contribution in [1.82, 2.24) is 0 Å². The smallest absolute Gasteiger partial charge is 0.0721 e. The van der Waals surface area contributed by atoms with Crippen LogP contribution in [0.25, 0.3) is 11.1 Å². The van der Waals surface area contributed by atoms with Crippen molar-refractivity contribution in [2.45, 2.75) is 51.0 Å². The van der Waals surface area contributed by atoms with Crippen LogP contribution in [-0.2, 0) is 11.3 Å². The third kappa shape index (κ3) is 5.68. The quantitative estimate of drug-likeness (QED) is 0.337. The van der Waals surface area contributed by atoms with Crippen molar-refractivity contribution in [3.05, 3.63) is 85.0 Å². The molecule has 1 saturated carbocycles. The Morgan fingerprint density at radius 3 is 2.04 bits per heavy atom. The van der Waals surface area contributed by atoms with Gasteiger partial charge in [0.05, 0.1) is 13.2 Å². The monoisotopic (exact) mass is 360 g/mol. The molecule has 0 radical (unpaired) electrons. The minimum absolute atomic E-state index is 0.597. The third-order valence-corrected chi connectivity index (χ3v) is 5.80. The summed E-state index contributed by atoms with van der Waals surface area (Å²) < 4.78 is 5.50. The van der Waals surface area contributed by atoms with E-state index in [4.69, 9.17) is 4.74 Å². The molecule has 0 bridgehead atoms. The highest BCUT2D eigenvalue weighted by Crippen LogP contribution is 2.38. The molecule has 0 unspecified atom stereocenters. The van der Waals surface area contributed by atoms with Gasteiger partial charge >= 0.3 is 0 Å². The molecule has 3 rings (SSSR count). The highest BCUT2D eigenvalue weighted by atomic mass is 16.5. The molecule has 0 aromatic heterocycles. The lowest BCUT2D eigenvalue weighted by molar-refractivity contribution is 0.149. The summed E-state index contributed by atoms with van der Waals surface area (Å²) in [6, 6.07) is 17.9. The first-order chi connectivity index (χ1) is 13.3. The van der Waals surface area contributed by atoms with Crippen molar-refractivity contribution in [3.63, 3.8) is 0 Å². The molecule has 1 fully saturated rings. The summed E-state index contributed by atoms with van der Waals surface area (Å²) in [7, 11) is 0. The molecule has 1 nitrogen and oxygen atoms in total. The van der Waals surface area contributed by atoms with Gasteiger partial charge in [-0.15, -0.1) is 13.2 Å². The zero-order chi connectivity index (χ0) is 18.9. The predicted molar refractivity (Wildman–Crippen MR) is 116 cm³/mol. The van der Waals surface area contributed by atoms with Gasteiger partial charge in [-0.1, -0.05) is 60.7 Å². The molecule has 0 heterocycles. The Kier molecular flexibility index (Phi) is 7.47. The highest BCUT2D eigenvalue weighted by Gasteiger charge is 2.21. The van der Waals surface area contributed by atoms with Crippen LogP contribution in [0.4, 0.5) is 0 Å². The van der Waals surface area contributed by atoms with E-state index in [1.165, 1.54) is 60.8 Å².